The van der Waals surface area contributed by atoms with Crippen LogP contribution in [-0.2, 0) is 0 Å². The molecule has 0 amide bonds. The van der Waals surface area contributed by atoms with Crippen molar-refractivity contribution in [3.63, 3.8) is 0 Å². The molecule has 1 aliphatic rings. The predicted octanol–water partition coefficient (Wildman–Crippen LogP) is 1.21. The number of rotatable bonds is 6. The standard InChI is InChI=1S/C12H26N2O/c1-2-3-6-14-9-11(5-4-7-15)8-12(13)10-14/h11-12,15H,2-10,13H2,1H3. The lowest BCUT2D eigenvalue weighted by molar-refractivity contribution is 0.142. The molecule has 2 atom stereocenters. The van der Waals surface area contributed by atoms with Gasteiger partial charge in [-0.1, -0.05) is 13.3 Å². The molecule has 1 saturated heterocycles. The van der Waals surface area contributed by atoms with E-state index in [0.29, 0.717) is 18.6 Å². The second kappa shape index (κ2) is 7.20. The van der Waals surface area contributed by atoms with Gasteiger partial charge in [0.25, 0.3) is 0 Å². The molecule has 3 heteroatoms. The number of unbranched alkanes of at least 4 members (excludes halogenated alkanes) is 1. The Balaban J connectivity index is 2.27. The molecule has 0 aromatic carbocycles. The average Bonchev–Trinajstić information content (AvgIpc) is 2.23. The van der Waals surface area contributed by atoms with E-state index < -0.39 is 0 Å². The van der Waals surface area contributed by atoms with Gasteiger partial charge in [0.2, 0.25) is 0 Å². The number of hydrogen-bond acceptors (Lipinski definition) is 3. The molecule has 15 heavy (non-hydrogen) atoms. The number of likely N-dealkylation sites (tertiary alicyclic amines) is 1. The Morgan fingerprint density at radius 3 is 2.80 bits per heavy atom. The fourth-order valence-corrected chi connectivity index (χ4v) is 2.50. The monoisotopic (exact) mass is 214 g/mol. The van der Waals surface area contributed by atoms with Crippen molar-refractivity contribution >= 4 is 0 Å². The van der Waals surface area contributed by atoms with Gasteiger partial charge in [0.05, 0.1) is 0 Å². The van der Waals surface area contributed by atoms with Gasteiger partial charge >= 0.3 is 0 Å². The van der Waals surface area contributed by atoms with E-state index in [1.165, 1.54) is 25.9 Å². The lowest BCUT2D eigenvalue weighted by Crippen LogP contribution is -2.47. The first-order valence-electron chi connectivity index (χ1n) is 6.35. The highest BCUT2D eigenvalue weighted by molar-refractivity contribution is 4.81. The van der Waals surface area contributed by atoms with Crippen LogP contribution in [-0.4, -0.2) is 42.3 Å². The third-order valence-electron chi connectivity index (χ3n) is 3.24. The van der Waals surface area contributed by atoms with E-state index in [9.17, 15) is 0 Å². The number of nitrogens with zero attached hydrogens (tertiary/aromatic N) is 1. The minimum absolute atomic E-state index is 0.320. The summed E-state index contributed by atoms with van der Waals surface area (Å²) < 4.78 is 0. The van der Waals surface area contributed by atoms with E-state index in [1.54, 1.807) is 0 Å². The van der Waals surface area contributed by atoms with Gasteiger partial charge in [0.1, 0.15) is 0 Å². The molecule has 90 valence electrons. The van der Waals surface area contributed by atoms with Gasteiger partial charge < -0.3 is 15.7 Å². The van der Waals surface area contributed by atoms with Crippen LogP contribution in [0.1, 0.15) is 39.0 Å². The highest BCUT2D eigenvalue weighted by Crippen LogP contribution is 2.20. The Labute approximate surface area is 93.6 Å². The third kappa shape index (κ3) is 4.96. The molecule has 0 aliphatic carbocycles. The summed E-state index contributed by atoms with van der Waals surface area (Å²) in [5.74, 6) is 0.706. The summed E-state index contributed by atoms with van der Waals surface area (Å²) in [7, 11) is 0. The van der Waals surface area contributed by atoms with Crippen LogP contribution in [0.15, 0.2) is 0 Å². The topological polar surface area (TPSA) is 49.5 Å². The zero-order chi connectivity index (χ0) is 11.1. The number of aliphatic hydroxyl groups is 1. The molecule has 1 fully saturated rings. The smallest absolute Gasteiger partial charge is 0.0431 e. The Bertz CT molecular complexity index is 148. The van der Waals surface area contributed by atoms with Crippen molar-refractivity contribution in [3.8, 4) is 0 Å². The van der Waals surface area contributed by atoms with Gasteiger partial charge in [-0.15, -0.1) is 0 Å². The number of aliphatic hydroxyl groups excluding tert-OH is 1. The molecule has 1 heterocycles. The fraction of sp³-hybridized carbons (Fsp3) is 1.00. The van der Waals surface area contributed by atoms with Gasteiger partial charge in [0, 0.05) is 25.7 Å². The molecule has 0 radical (unpaired) electrons. The summed E-state index contributed by atoms with van der Waals surface area (Å²) in [6, 6.07) is 0.347. The van der Waals surface area contributed by atoms with Crippen LogP contribution in [0.4, 0.5) is 0 Å². The third-order valence-corrected chi connectivity index (χ3v) is 3.24. The summed E-state index contributed by atoms with van der Waals surface area (Å²) in [5.41, 5.74) is 6.05. The van der Waals surface area contributed by atoms with E-state index in [2.05, 4.69) is 11.8 Å². The quantitative estimate of drug-likeness (QED) is 0.698. The van der Waals surface area contributed by atoms with Crippen LogP contribution < -0.4 is 5.73 Å². The largest absolute Gasteiger partial charge is 0.396 e. The van der Waals surface area contributed by atoms with E-state index in [-0.39, 0.29) is 0 Å². The summed E-state index contributed by atoms with van der Waals surface area (Å²) in [6.07, 6.45) is 5.74. The van der Waals surface area contributed by atoms with Crippen LogP contribution in [0.5, 0.6) is 0 Å². The van der Waals surface area contributed by atoms with Crippen LogP contribution >= 0.6 is 0 Å². The summed E-state index contributed by atoms with van der Waals surface area (Å²) in [4.78, 5) is 2.50. The molecular formula is C12H26N2O. The zero-order valence-corrected chi connectivity index (χ0v) is 9.99. The van der Waals surface area contributed by atoms with E-state index in [4.69, 9.17) is 10.8 Å². The first-order chi connectivity index (χ1) is 7.26. The number of hydrogen-bond donors (Lipinski definition) is 2. The van der Waals surface area contributed by atoms with E-state index in [0.717, 1.165) is 25.8 Å². The van der Waals surface area contributed by atoms with Crippen molar-refractivity contribution in [2.75, 3.05) is 26.2 Å². The maximum absolute atomic E-state index is 8.83. The normalized spacial score (nSPS) is 28.2. The van der Waals surface area contributed by atoms with E-state index in [1.807, 2.05) is 0 Å². The summed E-state index contributed by atoms with van der Waals surface area (Å²) in [6.45, 7) is 6.00. The first-order valence-corrected chi connectivity index (χ1v) is 6.35. The molecule has 0 aromatic rings. The van der Waals surface area contributed by atoms with Crippen molar-refractivity contribution in [2.24, 2.45) is 11.7 Å². The van der Waals surface area contributed by atoms with E-state index >= 15 is 0 Å². The van der Waals surface area contributed by atoms with Gasteiger partial charge in [-0.3, -0.25) is 0 Å². The molecular weight excluding hydrogens is 188 g/mol. The van der Waals surface area contributed by atoms with Gasteiger partial charge in [-0.2, -0.15) is 0 Å². The lowest BCUT2D eigenvalue weighted by Gasteiger charge is -2.36. The molecule has 1 aliphatic heterocycles. The molecule has 3 nitrogen and oxygen atoms in total. The van der Waals surface area contributed by atoms with Gasteiger partial charge in [0.15, 0.2) is 0 Å². The molecule has 2 unspecified atom stereocenters. The maximum atomic E-state index is 8.83. The molecule has 1 rings (SSSR count). The Kier molecular flexibility index (Phi) is 6.22. The molecule has 0 spiro atoms. The number of piperidine rings is 1. The number of nitrogens with two attached hydrogens (primary N) is 1. The van der Waals surface area contributed by atoms with Crippen molar-refractivity contribution in [3.05, 3.63) is 0 Å². The second-order valence-corrected chi connectivity index (χ2v) is 4.84. The molecule has 0 saturated carbocycles. The van der Waals surface area contributed by atoms with Crippen molar-refractivity contribution in [2.45, 2.75) is 45.1 Å². The van der Waals surface area contributed by atoms with Gasteiger partial charge in [-0.05, 0) is 38.1 Å². The predicted molar refractivity (Wildman–Crippen MR) is 63.8 cm³/mol. The average molecular weight is 214 g/mol. The highest BCUT2D eigenvalue weighted by atomic mass is 16.2. The zero-order valence-electron chi connectivity index (χ0n) is 9.99. The molecule has 3 N–H and O–H groups in total. The molecule has 0 bridgehead atoms. The van der Waals surface area contributed by atoms with Crippen LogP contribution in [0.25, 0.3) is 0 Å². The molecule has 0 aromatic heterocycles. The Morgan fingerprint density at radius 1 is 1.33 bits per heavy atom. The van der Waals surface area contributed by atoms with Crippen LogP contribution in [0.3, 0.4) is 0 Å². The van der Waals surface area contributed by atoms with Crippen LogP contribution in [0.2, 0.25) is 0 Å². The minimum atomic E-state index is 0.320. The maximum Gasteiger partial charge on any atom is 0.0431 e. The minimum Gasteiger partial charge on any atom is -0.396 e. The lowest BCUT2D eigenvalue weighted by atomic mass is 9.91. The first kappa shape index (κ1) is 12.9. The van der Waals surface area contributed by atoms with Gasteiger partial charge in [-0.25, -0.2) is 0 Å². The highest BCUT2D eigenvalue weighted by Gasteiger charge is 2.23. The van der Waals surface area contributed by atoms with Crippen molar-refractivity contribution in [1.82, 2.24) is 4.90 Å². The van der Waals surface area contributed by atoms with Crippen LogP contribution in [0, 0.1) is 5.92 Å². The SMILES string of the molecule is CCCCN1CC(N)CC(CCCO)C1. The fourth-order valence-electron chi connectivity index (χ4n) is 2.50. The Hall–Kier alpha value is -0.120. The Morgan fingerprint density at radius 2 is 2.13 bits per heavy atom. The van der Waals surface area contributed by atoms with Crippen molar-refractivity contribution in [1.29, 1.82) is 0 Å². The van der Waals surface area contributed by atoms with Crippen molar-refractivity contribution < 1.29 is 5.11 Å². The second-order valence-electron chi connectivity index (χ2n) is 4.84. The summed E-state index contributed by atoms with van der Waals surface area (Å²) in [5, 5.41) is 8.83. The summed E-state index contributed by atoms with van der Waals surface area (Å²) >= 11 is 0.